The van der Waals surface area contributed by atoms with E-state index in [1.54, 1.807) is 25.8 Å². The first-order valence-corrected chi connectivity index (χ1v) is 6.89. The lowest BCUT2D eigenvalue weighted by atomic mass is 10.2. The van der Waals surface area contributed by atoms with Crippen molar-refractivity contribution < 1.29 is 19.1 Å². The van der Waals surface area contributed by atoms with Gasteiger partial charge in [0.2, 0.25) is 0 Å². The van der Waals surface area contributed by atoms with Crippen molar-refractivity contribution in [1.82, 2.24) is 10.4 Å². The number of nitrogens with zero attached hydrogens (tertiary/aromatic N) is 1. The minimum Gasteiger partial charge on any atom is -0.460 e. The van der Waals surface area contributed by atoms with Crippen LogP contribution in [0.1, 0.15) is 54.9 Å². The summed E-state index contributed by atoms with van der Waals surface area (Å²) in [7, 11) is 0. The highest BCUT2D eigenvalue weighted by molar-refractivity contribution is 5.70. The number of amides is 1. The second kappa shape index (κ2) is 7.47. The normalized spacial score (nSPS) is 12.2. The van der Waals surface area contributed by atoms with Gasteiger partial charge in [-0.1, -0.05) is 6.92 Å². The zero-order valence-corrected chi connectivity index (χ0v) is 13.7. The number of hydrazine groups is 1. The molecule has 0 saturated heterocycles. The van der Waals surface area contributed by atoms with E-state index in [1.807, 2.05) is 27.7 Å². The van der Waals surface area contributed by atoms with Gasteiger partial charge in [-0.25, -0.2) is 9.80 Å². The Kier molecular flexibility index (Phi) is 6.99. The minimum atomic E-state index is -0.547. The fourth-order valence-corrected chi connectivity index (χ4v) is 1.34. The lowest BCUT2D eigenvalue weighted by Crippen LogP contribution is -2.45. The van der Waals surface area contributed by atoms with Crippen LogP contribution in [0.4, 0.5) is 4.79 Å². The average Bonchev–Trinajstić information content (AvgIpc) is 2.18. The van der Waals surface area contributed by atoms with Crippen molar-refractivity contribution in [2.45, 2.75) is 66.1 Å². The van der Waals surface area contributed by atoms with Gasteiger partial charge in [0.1, 0.15) is 11.2 Å². The van der Waals surface area contributed by atoms with Crippen LogP contribution in [0.25, 0.3) is 0 Å². The van der Waals surface area contributed by atoms with Crippen LogP contribution in [-0.2, 0) is 14.3 Å². The molecule has 118 valence electrons. The third kappa shape index (κ3) is 10.6. The predicted octanol–water partition coefficient (Wildman–Crippen LogP) is 2.48. The Labute approximate surface area is 121 Å². The molecule has 0 radical (unpaired) electrons. The molecule has 0 aliphatic carbocycles. The second-order valence-corrected chi connectivity index (χ2v) is 6.53. The first kappa shape index (κ1) is 18.7. The molecule has 6 nitrogen and oxygen atoms in total. The Morgan fingerprint density at radius 1 is 1.00 bits per heavy atom. The molecule has 0 saturated carbocycles. The van der Waals surface area contributed by atoms with Crippen LogP contribution >= 0.6 is 0 Å². The number of hydrogen-bond donors (Lipinski definition) is 1. The fraction of sp³-hybridized carbons (Fsp3) is 0.857. The van der Waals surface area contributed by atoms with Crippen molar-refractivity contribution in [3.8, 4) is 0 Å². The maximum atomic E-state index is 11.6. The lowest BCUT2D eigenvalue weighted by molar-refractivity contribution is -0.155. The summed E-state index contributed by atoms with van der Waals surface area (Å²) < 4.78 is 10.4. The van der Waals surface area contributed by atoms with Crippen molar-refractivity contribution in [2.75, 3.05) is 13.1 Å². The van der Waals surface area contributed by atoms with Gasteiger partial charge in [-0.3, -0.25) is 10.2 Å². The third-order valence-corrected chi connectivity index (χ3v) is 2.04. The van der Waals surface area contributed by atoms with Gasteiger partial charge < -0.3 is 9.47 Å². The molecule has 0 unspecified atom stereocenters. The van der Waals surface area contributed by atoms with Gasteiger partial charge in [0.15, 0.2) is 0 Å². The monoisotopic (exact) mass is 288 g/mol. The number of nitrogens with one attached hydrogen (secondary N) is 1. The Hall–Kier alpha value is -1.30. The van der Waals surface area contributed by atoms with Crippen LogP contribution in [0.3, 0.4) is 0 Å². The van der Waals surface area contributed by atoms with Gasteiger partial charge in [-0.15, -0.1) is 0 Å². The highest BCUT2D eigenvalue weighted by Gasteiger charge is 2.20. The van der Waals surface area contributed by atoms with Crippen LogP contribution in [0.15, 0.2) is 0 Å². The van der Waals surface area contributed by atoms with Crippen molar-refractivity contribution in [3.05, 3.63) is 0 Å². The van der Waals surface area contributed by atoms with E-state index in [-0.39, 0.29) is 12.4 Å². The molecule has 0 bridgehead atoms. The molecule has 0 heterocycles. The maximum Gasteiger partial charge on any atom is 0.422 e. The zero-order valence-electron chi connectivity index (χ0n) is 13.7. The fourth-order valence-electron chi connectivity index (χ4n) is 1.34. The number of ether oxygens (including phenoxy) is 2. The molecule has 0 aromatic rings. The Morgan fingerprint density at radius 2 is 1.50 bits per heavy atom. The van der Waals surface area contributed by atoms with Crippen LogP contribution in [0.2, 0.25) is 0 Å². The molecule has 0 aliphatic rings. The molecule has 0 aliphatic heterocycles. The van der Waals surface area contributed by atoms with Crippen molar-refractivity contribution in [2.24, 2.45) is 0 Å². The Bertz CT molecular complexity index is 329. The SMILES string of the molecule is CCN(CCC(=O)OC(C)(C)C)NC(=O)OC(C)(C)C. The highest BCUT2D eigenvalue weighted by atomic mass is 16.6. The molecular formula is C14H28N2O4. The van der Waals surface area contributed by atoms with Crippen LogP contribution < -0.4 is 5.43 Å². The molecule has 0 atom stereocenters. The summed E-state index contributed by atoms with van der Waals surface area (Å²) in [5.74, 6) is -0.290. The molecule has 20 heavy (non-hydrogen) atoms. The van der Waals surface area contributed by atoms with Crippen molar-refractivity contribution in [1.29, 1.82) is 0 Å². The van der Waals surface area contributed by atoms with Gasteiger partial charge in [0, 0.05) is 13.1 Å². The lowest BCUT2D eigenvalue weighted by Gasteiger charge is -2.25. The Balaban J connectivity index is 4.17. The second-order valence-electron chi connectivity index (χ2n) is 6.53. The van der Waals surface area contributed by atoms with Gasteiger partial charge in [-0.2, -0.15) is 0 Å². The van der Waals surface area contributed by atoms with E-state index in [2.05, 4.69) is 5.43 Å². The van der Waals surface area contributed by atoms with Crippen LogP contribution in [0.5, 0.6) is 0 Å². The standard InChI is InChI=1S/C14H28N2O4/c1-8-16(15-12(18)20-14(5,6)7)10-9-11(17)19-13(2,3)4/h8-10H2,1-7H3,(H,15,18). The van der Waals surface area contributed by atoms with E-state index in [0.717, 1.165) is 0 Å². The summed E-state index contributed by atoms with van der Waals surface area (Å²) in [6.45, 7) is 13.7. The molecule has 0 aromatic carbocycles. The van der Waals surface area contributed by atoms with Crippen LogP contribution in [0, 0.1) is 0 Å². The van der Waals surface area contributed by atoms with Gasteiger partial charge in [0.05, 0.1) is 6.42 Å². The number of rotatable bonds is 5. The third-order valence-electron chi connectivity index (χ3n) is 2.04. The topological polar surface area (TPSA) is 67.9 Å². The first-order chi connectivity index (χ1) is 8.93. The van der Waals surface area contributed by atoms with Gasteiger partial charge in [-0.05, 0) is 41.5 Å². The first-order valence-electron chi connectivity index (χ1n) is 6.89. The van der Waals surface area contributed by atoms with E-state index < -0.39 is 17.3 Å². The number of carbonyl (C=O) groups is 2. The molecule has 1 N–H and O–H groups in total. The smallest absolute Gasteiger partial charge is 0.422 e. The molecule has 0 rings (SSSR count). The summed E-state index contributed by atoms with van der Waals surface area (Å²) in [4.78, 5) is 23.2. The van der Waals surface area contributed by atoms with Crippen LogP contribution in [-0.4, -0.2) is 41.4 Å². The predicted molar refractivity (Wildman–Crippen MR) is 77.1 cm³/mol. The average molecular weight is 288 g/mol. The molecular weight excluding hydrogens is 260 g/mol. The number of esters is 1. The van der Waals surface area contributed by atoms with E-state index in [4.69, 9.17) is 9.47 Å². The van der Waals surface area contributed by atoms with Crippen molar-refractivity contribution in [3.63, 3.8) is 0 Å². The minimum absolute atomic E-state index is 0.209. The van der Waals surface area contributed by atoms with E-state index in [1.165, 1.54) is 0 Å². The maximum absolute atomic E-state index is 11.6. The largest absolute Gasteiger partial charge is 0.460 e. The van der Waals surface area contributed by atoms with E-state index in [9.17, 15) is 9.59 Å². The summed E-state index contributed by atoms with van der Waals surface area (Å²) in [6.07, 6.45) is -0.315. The summed E-state index contributed by atoms with van der Waals surface area (Å²) in [5.41, 5.74) is 1.57. The summed E-state index contributed by atoms with van der Waals surface area (Å²) in [6, 6.07) is 0. The summed E-state index contributed by atoms with van der Waals surface area (Å²) in [5, 5.41) is 1.62. The van der Waals surface area contributed by atoms with Gasteiger partial charge in [0.25, 0.3) is 0 Å². The molecule has 0 fully saturated rings. The zero-order chi connectivity index (χ0) is 16.0. The molecule has 0 spiro atoms. The van der Waals surface area contributed by atoms with Crippen molar-refractivity contribution >= 4 is 12.1 Å². The highest BCUT2D eigenvalue weighted by Crippen LogP contribution is 2.09. The number of carbonyl (C=O) groups excluding carboxylic acids is 2. The number of hydrogen-bond acceptors (Lipinski definition) is 5. The van der Waals surface area contributed by atoms with E-state index in [0.29, 0.717) is 13.1 Å². The Morgan fingerprint density at radius 3 is 1.90 bits per heavy atom. The molecule has 6 heteroatoms. The van der Waals surface area contributed by atoms with Gasteiger partial charge >= 0.3 is 12.1 Å². The molecule has 0 aromatic heterocycles. The van der Waals surface area contributed by atoms with E-state index >= 15 is 0 Å². The molecule has 1 amide bonds. The quantitative estimate of drug-likeness (QED) is 0.622. The summed E-state index contributed by atoms with van der Waals surface area (Å²) >= 11 is 0.